The van der Waals surface area contributed by atoms with Crippen LogP contribution in [0.15, 0.2) is 0 Å². The second kappa shape index (κ2) is 15.3. The molecule has 0 amide bonds. The van der Waals surface area contributed by atoms with Crippen LogP contribution in [-0.4, -0.2) is 125 Å². The molecule has 0 aromatic carbocycles. The smallest absolute Gasteiger partial charge is 1.00 e. The first-order valence-electron chi connectivity index (χ1n) is 2.10. The molecule has 6 N–H and O–H groups in total. The molecule has 0 heterocycles. The molecule has 0 atom stereocenters. The molecule has 0 fully saturated rings. The predicted molar refractivity (Wildman–Crippen MR) is 70.4 cm³/mol. The molecule has 0 radical (unpaired) electrons. The summed E-state index contributed by atoms with van der Waals surface area (Å²) in [5, 5.41) is 0. The maximum absolute atomic E-state index is 8.74. The summed E-state index contributed by atoms with van der Waals surface area (Å²) >= 11 is 0. The van der Waals surface area contributed by atoms with Crippen LogP contribution in [-0.2, 0) is 31.2 Å². The van der Waals surface area contributed by atoms with Crippen molar-refractivity contribution in [3.63, 3.8) is 0 Å². The van der Waals surface area contributed by atoms with Gasteiger partial charge in [-0.15, -0.1) is 0 Å². The van der Waals surface area contributed by atoms with Gasteiger partial charge in [0.1, 0.15) is 0 Å². The van der Waals surface area contributed by atoms with Crippen molar-refractivity contribution in [2.45, 2.75) is 0 Å². The van der Waals surface area contributed by atoms with Crippen molar-refractivity contribution in [1.82, 2.24) is 0 Å². The maximum Gasteiger partial charge on any atom is 2.00 e. The van der Waals surface area contributed by atoms with E-state index >= 15 is 0 Å². The molecule has 12 nitrogen and oxygen atoms in total. The fourth-order valence-electron chi connectivity index (χ4n) is 0. The molecule has 18 heteroatoms. The topological polar surface area (TPSA) is 224 Å². The second-order valence-electron chi connectivity index (χ2n) is 1.34. The summed E-state index contributed by atoms with van der Waals surface area (Å²) in [6, 6.07) is 0. The fraction of sp³-hybridized carbons (Fsp3) is 0. The second-order valence-corrected chi connectivity index (χ2v) is 4.03. The average molecular weight is 396 g/mol. The van der Waals surface area contributed by atoms with Gasteiger partial charge in [0.25, 0.3) is 0 Å². The van der Waals surface area contributed by atoms with Crippen molar-refractivity contribution < 1.29 is 55.4 Å². The Labute approximate surface area is 157 Å². The van der Waals surface area contributed by atoms with Gasteiger partial charge >= 0.3 is 68.9 Å². The maximum atomic E-state index is 8.74. The van der Waals surface area contributed by atoms with Gasteiger partial charge in [-0.05, 0) is 0 Å². The molecule has 0 aromatic rings. The Balaban J connectivity index is -0.0000000160. The Hall–Kier alpha value is 1.93. The van der Waals surface area contributed by atoms with E-state index in [-0.39, 0.29) is 75.3 Å². The zero-order valence-corrected chi connectivity index (χ0v) is 11.7. The average Bonchev–Trinajstić information content (AvgIpc) is 1.41. The van der Waals surface area contributed by atoms with Crippen LogP contribution in [0, 0.1) is 0 Å². The van der Waals surface area contributed by atoms with Crippen LogP contribution in [0.3, 0.4) is 0 Å². The zero-order chi connectivity index (χ0) is 13.5. The fourth-order valence-corrected chi connectivity index (χ4v) is 0. The summed E-state index contributed by atoms with van der Waals surface area (Å²) < 4.78 is 94.8. The van der Waals surface area contributed by atoms with Crippen LogP contribution in [0.4, 0.5) is 0 Å². The molecule has 0 rings (SSSR count). The van der Waals surface area contributed by atoms with Crippen molar-refractivity contribution in [3.8, 4) is 0 Å². The molecular formula is H14Al2CaO12S3. The van der Waals surface area contributed by atoms with E-state index in [1.54, 1.807) is 0 Å². The predicted octanol–water partition coefficient (Wildman–Crippen LogP) is -4.48. The molecule has 18 heavy (non-hydrogen) atoms. The summed E-state index contributed by atoms with van der Waals surface area (Å²) in [6.45, 7) is 0. The third kappa shape index (κ3) is 1370. The van der Waals surface area contributed by atoms with Gasteiger partial charge in [0.15, 0.2) is 34.7 Å². The Kier molecular flexibility index (Phi) is 31.3. The van der Waals surface area contributed by atoms with E-state index in [2.05, 4.69) is 0 Å². The molecule has 0 aromatic heterocycles. The summed E-state index contributed by atoms with van der Waals surface area (Å²) in [5.74, 6) is 0. The molecule has 0 aliphatic rings. The van der Waals surface area contributed by atoms with Crippen molar-refractivity contribution in [1.29, 1.82) is 0 Å². The van der Waals surface area contributed by atoms with Crippen molar-refractivity contribution >= 4 is 104 Å². The third-order valence-corrected chi connectivity index (χ3v) is 0. The van der Waals surface area contributed by atoms with E-state index in [0.29, 0.717) is 0 Å². The van der Waals surface area contributed by atoms with Crippen LogP contribution >= 0.6 is 0 Å². The minimum atomic E-state index is -4.67. The minimum absolute atomic E-state index is 0. The Morgan fingerprint density at radius 2 is 0.500 bits per heavy atom. The number of rotatable bonds is 0. The Bertz CT molecular complexity index is 356. The van der Waals surface area contributed by atoms with E-state index in [0.717, 1.165) is 0 Å². The van der Waals surface area contributed by atoms with Crippen LogP contribution in [0.2, 0.25) is 0 Å². The van der Waals surface area contributed by atoms with Crippen LogP contribution < -0.4 is 0 Å². The van der Waals surface area contributed by atoms with Crippen LogP contribution in [0.25, 0.3) is 0 Å². The van der Waals surface area contributed by atoms with Gasteiger partial charge in [-0.3, -0.25) is 27.3 Å². The van der Waals surface area contributed by atoms with Crippen molar-refractivity contribution in [2.75, 3.05) is 0 Å². The quantitative estimate of drug-likeness (QED) is 0.168. The molecule has 0 aliphatic carbocycles. The van der Waals surface area contributed by atoms with Gasteiger partial charge in [-0.1, -0.05) is 0 Å². The third-order valence-electron chi connectivity index (χ3n) is 0. The van der Waals surface area contributed by atoms with Crippen LogP contribution in [0.5, 0.6) is 0 Å². The molecular weight excluding hydrogens is 382 g/mol. The van der Waals surface area contributed by atoms with Gasteiger partial charge in [0, 0.05) is 0 Å². The monoisotopic (exact) mass is 396 g/mol. The van der Waals surface area contributed by atoms with Crippen LogP contribution in [0.1, 0.15) is 2.85 Å². The van der Waals surface area contributed by atoms with E-state index in [1.807, 2.05) is 0 Å². The Morgan fingerprint density at radius 3 is 0.500 bits per heavy atom. The van der Waals surface area contributed by atoms with Crippen molar-refractivity contribution in [3.05, 3.63) is 0 Å². The zero-order valence-electron chi connectivity index (χ0n) is 9.06. The summed E-state index contributed by atoms with van der Waals surface area (Å²) in [5.41, 5.74) is 0. The first-order chi connectivity index (χ1) is 6.00. The van der Waals surface area contributed by atoms with Gasteiger partial charge < -0.3 is 2.85 Å². The first-order valence-corrected chi connectivity index (χ1v) is 6.29. The van der Waals surface area contributed by atoms with Gasteiger partial charge in [-0.2, -0.15) is 25.3 Å². The molecule has 0 spiro atoms. The van der Waals surface area contributed by atoms with E-state index in [4.69, 9.17) is 52.6 Å². The van der Waals surface area contributed by atoms with Gasteiger partial charge in [-0.25, -0.2) is 0 Å². The molecule has 0 saturated heterocycles. The van der Waals surface area contributed by atoms with Gasteiger partial charge in [0.05, 0.1) is 0 Å². The van der Waals surface area contributed by atoms with E-state index < -0.39 is 31.2 Å². The molecule has 0 bridgehead atoms. The van der Waals surface area contributed by atoms with Gasteiger partial charge in [0.2, 0.25) is 0 Å². The largest absolute Gasteiger partial charge is 2.00 e. The molecule has 0 saturated carbocycles. The van der Waals surface area contributed by atoms with E-state index in [1.165, 1.54) is 0 Å². The van der Waals surface area contributed by atoms with E-state index in [9.17, 15) is 0 Å². The standard InChI is InChI=1S/2Al.Ca.3H2O4S.8H/c;;;3*1-5(2,3)4;;;;;;;;/h;;;3*(H2,1,2,3,4);;;;;;;;/q;;+2;;;;;;;;;;2*-1. The summed E-state index contributed by atoms with van der Waals surface area (Å²) in [7, 11) is -14.0. The summed E-state index contributed by atoms with van der Waals surface area (Å²) in [4.78, 5) is 0. The number of hydrogen-bond donors (Lipinski definition) is 6. The van der Waals surface area contributed by atoms with Crippen molar-refractivity contribution in [2.24, 2.45) is 0 Å². The summed E-state index contributed by atoms with van der Waals surface area (Å²) in [6.07, 6.45) is 0. The minimum Gasteiger partial charge on any atom is -1.00 e. The number of hydrogen-bond acceptors (Lipinski definition) is 6. The Morgan fingerprint density at radius 1 is 0.500 bits per heavy atom. The first kappa shape index (κ1) is 36.8. The molecule has 112 valence electrons. The normalized spacial score (nSPS) is 9.67. The SMILES string of the molecule is O=S(=O)(O)O.O=S(=O)(O)O.O=S(=O)(O)O.[AlH3].[AlH3].[Ca+2].[H-].[H-]. The molecule has 0 unspecified atom stereocenters. The molecule has 0 aliphatic heterocycles.